The zero-order chi connectivity index (χ0) is 15.4. The molecular formula is C18H35N3O. The van der Waals surface area contributed by atoms with Crippen LogP contribution in [0.5, 0.6) is 0 Å². The Balaban J connectivity index is 1.49. The van der Waals surface area contributed by atoms with Gasteiger partial charge in [0, 0.05) is 38.3 Å². The number of hydrogen-bond acceptors (Lipinski definition) is 4. The molecule has 2 saturated heterocycles. The molecule has 3 rings (SSSR count). The Morgan fingerprint density at radius 3 is 2.41 bits per heavy atom. The Bertz CT molecular complexity index is 324. The minimum Gasteiger partial charge on any atom is -0.395 e. The van der Waals surface area contributed by atoms with Crippen LogP contribution in [0.15, 0.2) is 0 Å². The van der Waals surface area contributed by atoms with Crippen LogP contribution in [0.25, 0.3) is 0 Å². The van der Waals surface area contributed by atoms with Gasteiger partial charge in [0.2, 0.25) is 0 Å². The van der Waals surface area contributed by atoms with Gasteiger partial charge in [0.05, 0.1) is 6.61 Å². The molecule has 3 aliphatic rings. The fourth-order valence-electron chi connectivity index (χ4n) is 4.67. The summed E-state index contributed by atoms with van der Waals surface area (Å²) < 4.78 is 0. The maximum Gasteiger partial charge on any atom is 0.0599 e. The van der Waals surface area contributed by atoms with Crippen molar-refractivity contribution in [1.82, 2.24) is 15.1 Å². The molecule has 0 spiro atoms. The first-order chi connectivity index (χ1) is 10.8. The Morgan fingerprint density at radius 2 is 1.73 bits per heavy atom. The summed E-state index contributed by atoms with van der Waals surface area (Å²) in [6, 6.07) is 1.15. The van der Waals surface area contributed by atoms with Crippen LogP contribution in [-0.4, -0.2) is 72.9 Å². The molecule has 0 amide bonds. The normalized spacial score (nSPS) is 36.5. The van der Waals surface area contributed by atoms with Crippen molar-refractivity contribution in [3.05, 3.63) is 0 Å². The predicted molar refractivity (Wildman–Crippen MR) is 91.0 cm³/mol. The lowest BCUT2D eigenvalue weighted by Crippen LogP contribution is -2.58. The SMILES string of the molecule is CC1CCC(N2CCN(CC3CCNCC3)C(CO)C2)CC1. The monoisotopic (exact) mass is 309 g/mol. The summed E-state index contributed by atoms with van der Waals surface area (Å²) in [5, 5.41) is 13.3. The Labute approximate surface area is 136 Å². The van der Waals surface area contributed by atoms with Gasteiger partial charge in [-0.15, -0.1) is 0 Å². The van der Waals surface area contributed by atoms with E-state index in [0.717, 1.165) is 31.0 Å². The van der Waals surface area contributed by atoms with Crippen molar-refractivity contribution in [2.24, 2.45) is 11.8 Å². The first-order valence-corrected chi connectivity index (χ1v) is 9.56. The molecule has 1 unspecified atom stereocenters. The molecule has 1 aliphatic carbocycles. The highest BCUT2D eigenvalue weighted by Gasteiger charge is 2.32. The first-order valence-electron chi connectivity index (χ1n) is 9.56. The van der Waals surface area contributed by atoms with Gasteiger partial charge in [0.1, 0.15) is 0 Å². The Morgan fingerprint density at radius 1 is 1.00 bits per heavy atom. The fraction of sp³-hybridized carbons (Fsp3) is 1.00. The van der Waals surface area contributed by atoms with Gasteiger partial charge in [-0.25, -0.2) is 0 Å². The molecule has 0 bridgehead atoms. The molecule has 0 aromatic rings. The molecule has 2 N–H and O–H groups in total. The van der Waals surface area contributed by atoms with Crippen LogP contribution in [0.1, 0.15) is 45.4 Å². The zero-order valence-electron chi connectivity index (χ0n) is 14.3. The molecule has 0 radical (unpaired) electrons. The van der Waals surface area contributed by atoms with E-state index < -0.39 is 0 Å². The molecule has 4 heteroatoms. The molecular weight excluding hydrogens is 274 g/mol. The highest BCUT2D eigenvalue weighted by molar-refractivity contribution is 4.88. The van der Waals surface area contributed by atoms with E-state index >= 15 is 0 Å². The maximum absolute atomic E-state index is 9.87. The summed E-state index contributed by atoms with van der Waals surface area (Å²) in [6.45, 7) is 9.71. The zero-order valence-corrected chi connectivity index (χ0v) is 14.3. The second-order valence-corrected chi connectivity index (χ2v) is 7.93. The molecule has 4 nitrogen and oxygen atoms in total. The minimum atomic E-state index is 0.324. The molecule has 2 heterocycles. The van der Waals surface area contributed by atoms with E-state index in [9.17, 15) is 5.11 Å². The molecule has 2 aliphatic heterocycles. The van der Waals surface area contributed by atoms with Gasteiger partial charge in [-0.05, 0) is 63.5 Å². The molecule has 1 saturated carbocycles. The smallest absolute Gasteiger partial charge is 0.0599 e. The molecule has 0 aromatic carbocycles. The summed E-state index contributed by atoms with van der Waals surface area (Å²) in [5.74, 6) is 1.75. The molecule has 1 atom stereocenters. The van der Waals surface area contributed by atoms with Crippen LogP contribution in [0.2, 0.25) is 0 Å². The highest BCUT2D eigenvalue weighted by atomic mass is 16.3. The topological polar surface area (TPSA) is 38.7 Å². The van der Waals surface area contributed by atoms with E-state index in [4.69, 9.17) is 0 Å². The van der Waals surface area contributed by atoms with Gasteiger partial charge in [-0.1, -0.05) is 6.92 Å². The predicted octanol–water partition coefficient (Wildman–Crippen LogP) is 1.54. The van der Waals surface area contributed by atoms with Crippen LogP contribution in [0, 0.1) is 11.8 Å². The third kappa shape index (κ3) is 4.22. The van der Waals surface area contributed by atoms with Crippen LogP contribution >= 0.6 is 0 Å². The number of aliphatic hydroxyl groups is 1. The molecule has 128 valence electrons. The largest absolute Gasteiger partial charge is 0.395 e. The lowest BCUT2D eigenvalue weighted by Gasteiger charge is -2.46. The number of hydrogen-bond donors (Lipinski definition) is 2. The fourth-order valence-corrected chi connectivity index (χ4v) is 4.67. The van der Waals surface area contributed by atoms with Crippen LogP contribution in [0.4, 0.5) is 0 Å². The van der Waals surface area contributed by atoms with Gasteiger partial charge >= 0.3 is 0 Å². The maximum atomic E-state index is 9.87. The Hall–Kier alpha value is -0.160. The third-order valence-electron chi connectivity index (χ3n) is 6.30. The van der Waals surface area contributed by atoms with Gasteiger partial charge in [0.25, 0.3) is 0 Å². The van der Waals surface area contributed by atoms with Crippen molar-refractivity contribution in [3.8, 4) is 0 Å². The lowest BCUT2D eigenvalue weighted by molar-refractivity contribution is 0.000453. The summed E-state index contributed by atoms with van der Waals surface area (Å²) in [5.41, 5.74) is 0. The Kier molecular flexibility index (Phi) is 6.14. The first kappa shape index (κ1) is 16.7. The standard InChI is InChI=1S/C18H35N3O/c1-15-2-4-17(5-3-15)21-11-10-20(18(13-21)14-22)12-16-6-8-19-9-7-16/h15-19,22H,2-14H2,1H3. The molecule has 3 fully saturated rings. The third-order valence-corrected chi connectivity index (χ3v) is 6.30. The summed E-state index contributed by atoms with van der Waals surface area (Å²) in [4.78, 5) is 5.27. The van der Waals surface area contributed by atoms with Crippen molar-refractivity contribution < 1.29 is 5.11 Å². The summed E-state index contributed by atoms with van der Waals surface area (Å²) >= 11 is 0. The second-order valence-electron chi connectivity index (χ2n) is 7.93. The van der Waals surface area contributed by atoms with Crippen LogP contribution in [0.3, 0.4) is 0 Å². The van der Waals surface area contributed by atoms with E-state index in [1.165, 1.54) is 64.7 Å². The van der Waals surface area contributed by atoms with Gasteiger partial charge in [-0.3, -0.25) is 9.80 Å². The van der Waals surface area contributed by atoms with E-state index in [0.29, 0.717) is 12.6 Å². The van der Waals surface area contributed by atoms with Crippen molar-refractivity contribution in [1.29, 1.82) is 0 Å². The highest BCUT2D eigenvalue weighted by Crippen LogP contribution is 2.29. The number of rotatable bonds is 4. The van der Waals surface area contributed by atoms with E-state index in [-0.39, 0.29) is 0 Å². The molecule has 0 aromatic heterocycles. The summed E-state index contributed by atoms with van der Waals surface area (Å²) in [7, 11) is 0. The van der Waals surface area contributed by atoms with Crippen molar-refractivity contribution in [2.45, 2.75) is 57.5 Å². The van der Waals surface area contributed by atoms with Crippen molar-refractivity contribution in [2.75, 3.05) is 45.9 Å². The number of nitrogens with one attached hydrogen (secondary N) is 1. The number of piperazine rings is 1. The van der Waals surface area contributed by atoms with Crippen molar-refractivity contribution >= 4 is 0 Å². The van der Waals surface area contributed by atoms with E-state index in [1.807, 2.05) is 0 Å². The number of piperidine rings is 1. The molecule has 22 heavy (non-hydrogen) atoms. The van der Waals surface area contributed by atoms with Crippen molar-refractivity contribution in [3.63, 3.8) is 0 Å². The lowest BCUT2D eigenvalue weighted by atomic mass is 9.86. The number of aliphatic hydroxyl groups excluding tert-OH is 1. The number of nitrogens with zero attached hydrogens (tertiary/aromatic N) is 2. The van der Waals surface area contributed by atoms with Crippen LogP contribution < -0.4 is 5.32 Å². The van der Waals surface area contributed by atoms with Gasteiger partial charge in [0.15, 0.2) is 0 Å². The van der Waals surface area contributed by atoms with Gasteiger partial charge in [-0.2, -0.15) is 0 Å². The second kappa shape index (κ2) is 8.09. The summed E-state index contributed by atoms with van der Waals surface area (Å²) in [6.07, 6.45) is 8.13. The quantitative estimate of drug-likeness (QED) is 0.826. The average molecular weight is 309 g/mol. The van der Waals surface area contributed by atoms with Crippen LogP contribution in [-0.2, 0) is 0 Å². The van der Waals surface area contributed by atoms with E-state index in [2.05, 4.69) is 22.0 Å². The minimum absolute atomic E-state index is 0.324. The van der Waals surface area contributed by atoms with E-state index in [1.54, 1.807) is 0 Å². The van der Waals surface area contributed by atoms with Gasteiger partial charge < -0.3 is 10.4 Å². The average Bonchev–Trinajstić information content (AvgIpc) is 2.57.